The number of hydrogen-bond donors (Lipinski definition) is 1. The number of hydrogen-bond acceptors (Lipinski definition) is 4. The van der Waals surface area contributed by atoms with Gasteiger partial charge in [0.2, 0.25) is 5.91 Å². The van der Waals surface area contributed by atoms with Crippen molar-refractivity contribution in [2.24, 2.45) is 5.73 Å². The van der Waals surface area contributed by atoms with E-state index in [0.29, 0.717) is 13.1 Å². The van der Waals surface area contributed by atoms with Crippen LogP contribution in [0.3, 0.4) is 0 Å². The summed E-state index contributed by atoms with van der Waals surface area (Å²) in [5, 5.41) is 0. The lowest BCUT2D eigenvalue weighted by molar-refractivity contribution is -0.119. The van der Waals surface area contributed by atoms with Crippen LogP contribution in [0.25, 0.3) is 0 Å². The minimum absolute atomic E-state index is 0.168. The summed E-state index contributed by atoms with van der Waals surface area (Å²) in [6.07, 6.45) is 3.20. The van der Waals surface area contributed by atoms with Crippen LogP contribution in [0.1, 0.15) is 11.5 Å². The van der Waals surface area contributed by atoms with E-state index >= 15 is 0 Å². The maximum absolute atomic E-state index is 11.0. The van der Waals surface area contributed by atoms with E-state index in [1.807, 2.05) is 29.2 Å². The molecule has 0 fully saturated rings. The standard InChI is InChI=1S/C12H14N2O3/c13-12(15)9-14(7-10-3-1-5-16-10)8-11-4-2-6-17-11/h1-6H,7-9H2,(H2,13,15). The van der Waals surface area contributed by atoms with E-state index in [1.54, 1.807) is 12.5 Å². The van der Waals surface area contributed by atoms with Crippen molar-refractivity contribution in [2.75, 3.05) is 6.54 Å². The topological polar surface area (TPSA) is 72.6 Å². The summed E-state index contributed by atoms with van der Waals surface area (Å²) in [4.78, 5) is 12.8. The average Bonchev–Trinajstić information content (AvgIpc) is 2.89. The molecular weight excluding hydrogens is 220 g/mol. The number of carbonyl (C=O) groups is 1. The van der Waals surface area contributed by atoms with Crippen molar-refractivity contribution >= 4 is 5.91 Å². The van der Waals surface area contributed by atoms with Crippen LogP contribution in [0.5, 0.6) is 0 Å². The second kappa shape index (κ2) is 5.36. The third-order valence-corrected chi connectivity index (χ3v) is 2.30. The molecule has 90 valence electrons. The Kier molecular flexibility index (Phi) is 3.62. The second-order valence-electron chi connectivity index (χ2n) is 3.77. The summed E-state index contributed by atoms with van der Waals surface area (Å²) < 4.78 is 10.5. The molecule has 0 saturated carbocycles. The molecule has 2 aromatic rings. The van der Waals surface area contributed by atoms with Gasteiger partial charge in [-0.3, -0.25) is 9.69 Å². The molecule has 0 saturated heterocycles. The van der Waals surface area contributed by atoms with Gasteiger partial charge in [-0.05, 0) is 24.3 Å². The molecule has 2 N–H and O–H groups in total. The summed E-state index contributed by atoms with van der Waals surface area (Å²) >= 11 is 0. The maximum Gasteiger partial charge on any atom is 0.231 e. The van der Waals surface area contributed by atoms with Crippen molar-refractivity contribution in [2.45, 2.75) is 13.1 Å². The minimum atomic E-state index is -0.372. The Morgan fingerprint density at radius 3 is 2.00 bits per heavy atom. The summed E-state index contributed by atoms with van der Waals surface area (Å²) in [7, 11) is 0. The van der Waals surface area contributed by atoms with Crippen molar-refractivity contribution in [3.05, 3.63) is 48.3 Å². The molecule has 5 heteroatoms. The Morgan fingerprint density at radius 2 is 1.65 bits per heavy atom. The Balaban J connectivity index is 2.00. The average molecular weight is 234 g/mol. The van der Waals surface area contributed by atoms with Gasteiger partial charge in [-0.2, -0.15) is 0 Å². The van der Waals surface area contributed by atoms with Crippen LogP contribution in [0.4, 0.5) is 0 Å². The number of carbonyl (C=O) groups excluding carboxylic acids is 1. The van der Waals surface area contributed by atoms with Gasteiger partial charge in [-0.15, -0.1) is 0 Å². The lowest BCUT2D eigenvalue weighted by Crippen LogP contribution is -2.32. The van der Waals surface area contributed by atoms with Gasteiger partial charge in [0.25, 0.3) is 0 Å². The fourth-order valence-electron chi connectivity index (χ4n) is 1.63. The van der Waals surface area contributed by atoms with Crippen LogP contribution in [0.2, 0.25) is 0 Å². The van der Waals surface area contributed by atoms with E-state index in [1.165, 1.54) is 0 Å². The van der Waals surface area contributed by atoms with Crippen LogP contribution in [-0.4, -0.2) is 17.4 Å². The molecule has 17 heavy (non-hydrogen) atoms. The van der Waals surface area contributed by atoms with E-state index in [4.69, 9.17) is 14.6 Å². The number of amides is 1. The largest absolute Gasteiger partial charge is 0.468 e. The monoisotopic (exact) mass is 234 g/mol. The van der Waals surface area contributed by atoms with Crippen molar-refractivity contribution in [3.8, 4) is 0 Å². The number of furan rings is 2. The molecule has 0 spiro atoms. The smallest absolute Gasteiger partial charge is 0.231 e. The highest BCUT2D eigenvalue weighted by Gasteiger charge is 2.12. The zero-order chi connectivity index (χ0) is 12.1. The van der Waals surface area contributed by atoms with Crippen molar-refractivity contribution < 1.29 is 13.6 Å². The highest BCUT2D eigenvalue weighted by Crippen LogP contribution is 2.10. The Bertz CT molecular complexity index is 412. The molecule has 2 rings (SSSR count). The first-order chi connectivity index (χ1) is 8.24. The summed E-state index contributed by atoms with van der Waals surface area (Å²) in [6.45, 7) is 1.22. The van der Waals surface area contributed by atoms with Crippen LogP contribution < -0.4 is 5.73 Å². The molecule has 1 amide bonds. The molecule has 2 aromatic heterocycles. The summed E-state index contributed by atoms with van der Waals surface area (Å²) in [5.74, 6) is 1.21. The van der Waals surface area contributed by atoms with E-state index in [9.17, 15) is 4.79 Å². The van der Waals surface area contributed by atoms with Crippen LogP contribution in [-0.2, 0) is 17.9 Å². The highest BCUT2D eigenvalue weighted by molar-refractivity contribution is 5.75. The highest BCUT2D eigenvalue weighted by atomic mass is 16.3. The quantitative estimate of drug-likeness (QED) is 0.819. The zero-order valence-electron chi connectivity index (χ0n) is 9.33. The predicted molar refractivity (Wildman–Crippen MR) is 60.7 cm³/mol. The Labute approximate surface area is 98.8 Å². The molecule has 0 aliphatic carbocycles. The SMILES string of the molecule is NC(=O)CN(Cc1ccco1)Cc1ccco1. The van der Waals surface area contributed by atoms with E-state index in [0.717, 1.165) is 11.5 Å². The lowest BCUT2D eigenvalue weighted by atomic mass is 10.3. The molecule has 0 atom stereocenters. The molecule has 0 unspecified atom stereocenters. The first-order valence-electron chi connectivity index (χ1n) is 5.29. The normalized spacial score (nSPS) is 10.9. The molecule has 0 bridgehead atoms. The molecule has 0 aliphatic heterocycles. The van der Waals surface area contributed by atoms with Crippen molar-refractivity contribution in [1.29, 1.82) is 0 Å². The van der Waals surface area contributed by atoms with E-state index in [-0.39, 0.29) is 12.5 Å². The van der Waals surface area contributed by atoms with Gasteiger partial charge in [0.1, 0.15) is 11.5 Å². The fourth-order valence-corrected chi connectivity index (χ4v) is 1.63. The number of rotatable bonds is 6. The molecule has 0 aromatic carbocycles. The summed E-state index contributed by atoms with van der Waals surface area (Å²) in [5.41, 5.74) is 5.21. The molecule has 5 nitrogen and oxygen atoms in total. The van der Waals surface area contributed by atoms with Gasteiger partial charge < -0.3 is 14.6 Å². The second-order valence-corrected chi connectivity index (χ2v) is 3.77. The maximum atomic E-state index is 11.0. The van der Waals surface area contributed by atoms with E-state index in [2.05, 4.69) is 0 Å². The van der Waals surface area contributed by atoms with Crippen LogP contribution >= 0.6 is 0 Å². The molecule has 0 aliphatic rings. The van der Waals surface area contributed by atoms with Gasteiger partial charge in [0.05, 0.1) is 32.2 Å². The van der Waals surface area contributed by atoms with Crippen molar-refractivity contribution in [1.82, 2.24) is 4.90 Å². The molecule has 2 heterocycles. The zero-order valence-corrected chi connectivity index (χ0v) is 9.33. The first kappa shape index (κ1) is 11.5. The lowest BCUT2D eigenvalue weighted by Gasteiger charge is -2.17. The minimum Gasteiger partial charge on any atom is -0.468 e. The fraction of sp³-hybridized carbons (Fsp3) is 0.250. The van der Waals surface area contributed by atoms with Gasteiger partial charge in [-0.1, -0.05) is 0 Å². The van der Waals surface area contributed by atoms with E-state index < -0.39 is 0 Å². The van der Waals surface area contributed by atoms with Crippen LogP contribution in [0.15, 0.2) is 45.6 Å². The Hall–Kier alpha value is -2.01. The van der Waals surface area contributed by atoms with Crippen molar-refractivity contribution in [3.63, 3.8) is 0 Å². The van der Waals surface area contributed by atoms with Gasteiger partial charge in [0.15, 0.2) is 0 Å². The third kappa shape index (κ3) is 3.49. The number of nitrogens with zero attached hydrogens (tertiary/aromatic N) is 1. The number of primary amides is 1. The Morgan fingerprint density at radius 1 is 1.12 bits per heavy atom. The van der Waals surface area contributed by atoms with Gasteiger partial charge in [-0.25, -0.2) is 0 Å². The summed E-state index contributed by atoms with van der Waals surface area (Å²) in [6, 6.07) is 7.33. The third-order valence-electron chi connectivity index (χ3n) is 2.30. The predicted octanol–water partition coefficient (Wildman–Crippen LogP) is 1.36. The molecule has 0 radical (unpaired) electrons. The van der Waals surface area contributed by atoms with Crippen LogP contribution in [0, 0.1) is 0 Å². The molecular formula is C12H14N2O3. The number of nitrogens with two attached hydrogens (primary N) is 1. The first-order valence-corrected chi connectivity index (χ1v) is 5.29. The van der Waals surface area contributed by atoms with Gasteiger partial charge >= 0.3 is 0 Å². The van der Waals surface area contributed by atoms with Gasteiger partial charge in [0, 0.05) is 0 Å².